The van der Waals surface area contributed by atoms with Crippen molar-refractivity contribution in [2.75, 3.05) is 0 Å². The van der Waals surface area contributed by atoms with E-state index in [-0.39, 0.29) is 0 Å². The molecule has 118 valence electrons. The van der Waals surface area contributed by atoms with Crippen LogP contribution < -0.4 is 0 Å². The van der Waals surface area contributed by atoms with E-state index < -0.39 is 0 Å². The Morgan fingerprint density at radius 1 is 0.826 bits per heavy atom. The van der Waals surface area contributed by atoms with Crippen molar-refractivity contribution in [3.8, 4) is 0 Å². The Hall–Kier alpha value is -2.08. The molecule has 23 heavy (non-hydrogen) atoms. The predicted octanol–water partition coefficient (Wildman–Crippen LogP) is 6.66. The van der Waals surface area contributed by atoms with Crippen molar-refractivity contribution in [1.82, 2.24) is 0 Å². The maximum atomic E-state index is 2.37. The second-order valence-corrected chi connectivity index (χ2v) is 6.70. The van der Waals surface area contributed by atoms with E-state index in [2.05, 4.69) is 80.6 Å². The fourth-order valence-corrected chi connectivity index (χ4v) is 3.48. The highest BCUT2D eigenvalue weighted by atomic mass is 14.1. The summed E-state index contributed by atoms with van der Waals surface area (Å²) in [5, 5.41) is 2.78. The highest BCUT2D eigenvalue weighted by Crippen LogP contribution is 2.29. The molecule has 0 aromatic heterocycles. The summed E-state index contributed by atoms with van der Waals surface area (Å²) in [5.41, 5.74) is 4.34. The molecule has 0 amide bonds. The second-order valence-electron chi connectivity index (χ2n) is 6.70. The molecule has 0 aliphatic heterocycles. The molecule has 0 aliphatic rings. The van der Waals surface area contributed by atoms with Gasteiger partial charge in [-0.2, -0.15) is 0 Å². The Morgan fingerprint density at radius 2 is 1.61 bits per heavy atom. The SMILES string of the molecule is Cc1cccc(CCCCC(C)c2cccc3ccccc23)c1. The van der Waals surface area contributed by atoms with Crippen LogP contribution in [0.25, 0.3) is 10.8 Å². The van der Waals surface area contributed by atoms with Gasteiger partial charge in [0.2, 0.25) is 0 Å². The van der Waals surface area contributed by atoms with Gasteiger partial charge in [0.05, 0.1) is 0 Å². The van der Waals surface area contributed by atoms with E-state index >= 15 is 0 Å². The molecule has 0 radical (unpaired) electrons. The van der Waals surface area contributed by atoms with Crippen LogP contribution in [-0.2, 0) is 6.42 Å². The summed E-state index contributed by atoms with van der Waals surface area (Å²) in [6.45, 7) is 4.54. The van der Waals surface area contributed by atoms with Crippen molar-refractivity contribution in [3.05, 3.63) is 83.4 Å². The summed E-state index contributed by atoms with van der Waals surface area (Å²) in [5.74, 6) is 0.624. The van der Waals surface area contributed by atoms with Crippen LogP contribution in [0.4, 0.5) is 0 Å². The van der Waals surface area contributed by atoms with Crippen molar-refractivity contribution in [2.45, 2.75) is 45.4 Å². The van der Waals surface area contributed by atoms with Crippen LogP contribution in [0.3, 0.4) is 0 Å². The van der Waals surface area contributed by atoms with Crippen molar-refractivity contribution in [3.63, 3.8) is 0 Å². The first-order valence-corrected chi connectivity index (χ1v) is 8.77. The Bertz CT molecular complexity index is 764. The van der Waals surface area contributed by atoms with Crippen LogP contribution in [0.5, 0.6) is 0 Å². The van der Waals surface area contributed by atoms with E-state index in [0.29, 0.717) is 5.92 Å². The lowest BCUT2D eigenvalue weighted by molar-refractivity contribution is 0.607. The Balaban J connectivity index is 1.57. The number of aryl methyl sites for hydroxylation is 2. The number of hydrogen-bond donors (Lipinski definition) is 0. The van der Waals surface area contributed by atoms with E-state index in [1.807, 2.05) is 0 Å². The molecule has 1 atom stereocenters. The summed E-state index contributed by atoms with van der Waals surface area (Å²) in [6, 6.07) is 24.4. The summed E-state index contributed by atoms with van der Waals surface area (Å²) >= 11 is 0. The molecule has 0 spiro atoms. The van der Waals surface area contributed by atoms with Crippen molar-refractivity contribution in [1.29, 1.82) is 0 Å². The molecule has 3 aromatic rings. The first-order valence-electron chi connectivity index (χ1n) is 8.77. The van der Waals surface area contributed by atoms with Gasteiger partial charge in [0, 0.05) is 0 Å². The average molecular weight is 302 g/mol. The maximum Gasteiger partial charge on any atom is -0.0149 e. The maximum absolute atomic E-state index is 2.37. The molecule has 0 bridgehead atoms. The first-order chi connectivity index (χ1) is 11.2. The Morgan fingerprint density at radius 3 is 2.48 bits per heavy atom. The molecule has 0 N–H and O–H groups in total. The van der Waals surface area contributed by atoms with Gasteiger partial charge in [-0.05, 0) is 54.0 Å². The highest BCUT2D eigenvalue weighted by molar-refractivity contribution is 5.86. The number of hydrogen-bond acceptors (Lipinski definition) is 0. The normalized spacial score (nSPS) is 12.4. The van der Waals surface area contributed by atoms with E-state index in [9.17, 15) is 0 Å². The third-order valence-electron chi connectivity index (χ3n) is 4.79. The van der Waals surface area contributed by atoms with Gasteiger partial charge in [-0.3, -0.25) is 0 Å². The van der Waals surface area contributed by atoms with Gasteiger partial charge in [0.15, 0.2) is 0 Å². The lowest BCUT2D eigenvalue weighted by atomic mass is 9.90. The molecule has 0 saturated heterocycles. The quantitative estimate of drug-likeness (QED) is 0.446. The van der Waals surface area contributed by atoms with Crippen LogP contribution in [-0.4, -0.2) is 0 Å². The highest BCUT2D eigenvalue weighted by Gasteiger charge is 2.08. The minimum atomic E-state index is 0.624. The van der Waals surface area contributed by atoms with Crippen LogP contribution >= 0.6 is 0 Å². The van der Waals surface area contributed by atoms with Crippen molar-refractivity contribution >= 4 is 10.8 Å². The smallest absolute Gasteiger partial charge is 0.0149 e. The molecule has 0 aliphatic carbocycles. The molecule has 0 heterocycles. The zero-order valence-electron chi connectivity index (χ0n) is 14.3. The van der Waals surface area contributed by atoms with Gasteiger partial charge >= 0.3 is 0 Å². The van der Waals surface area contributed by atoms with Gasteiger partial charge in [0.25, 0.3) is 0 Å². The van der Waals surface area contributed by atoms with Gasteiger partial charge in [0.1, 0.15) is 0 Å². The lowest BCUT2D eigenvalue weighted by Crippen LogP contribution is -1.96. The summed E-state index contributed by atoms with van der Waals surface area (Å²) in [7, 11) is 0. The average Bonchev–Trinajstić information content (AvgIpc) is 2.58. The largest absolute Gasteiger partial charge is 0.0617 e. The van der Waals surface area contributed by atoms with Crippen molar-refractivity contribution in [2.24, 2.45) is 0 Å². The first kappa shape index (κ1) is 15.8. The van der Waals surface area contributed by atoms with Crippen molar-refractivity contribution < 1.29 is 0 Å². The third-order valence-corrected chi connectivity index (χ3v) is 4.79. The van der Waals surface area contributed by atoms with E-state index in [1.54, 1.807) is 0 Å². The number of unbranched alkanes of at least 4 members (excludes halogenated alkanes) is 1. The monoisotopic (exact) mass is 302 g/mol. The standard InChI is InChI=1S/C23H26/c1-18-9-7-12-20(17-18)11-4-3-10-19(2)22-16-8-14-21-13-5-6-15-23(21)22/h5-9,12-17,19H,3-4,10-11H2,1-2H3. The molecule has 0 nitrogen and oxygen atoms in total. The molecule has 0 heteroatoms. The number of rotatable bonds is 6. The molecule has 1 unspecified atom stereocenters. The Kier molecular flexibility index (Phi) is 5.12. The zero-order chi connectivity index (χ0) is 16.1. The lowest BCUT2D eigenvalue weighted by Gasteiger charge is -2.14. The number of fused-ring (bicyclic) bond motifs is 1. The van der Waals surface area contributed by atoms with Gasteiger partial charge in [-0.1, -0.05) is 85.6 Å². The zero-order valence-corrected chi connectivity index (χ0v) is 14.3. The topological polar surface area (TPSA) is 0 Å². The van der Waals surface area contributed by atoms with E-state index in [1.165, 1.54) is 53.1 Å². The van der Waals surface area contributed by atoms with Crippen LogP contribution in [0, 0.1) is 6.92 Å². The van der Waals surface area contributed by atoms with Gasteiger partial charge in [-0.25, -0.2) is 0 Å². The molecule has 0 fully saturated rings. The van der Waals surface area contributed by atoms with Crippen LogP contribution in [0.2, 0.25) is 0 Å². The third kappa shape index (κ3) is 4.01. The van der Waals surface area contributed by atoms with Gasteiger partial charge < -0.3 is 0 Å². The predicted molar refractivity (Wildman–Crippen MR) is 101 cm³/mol. The van der Waals surface area contributed by atoms with Crippen LogP contribution in [0.15, 0.2) is 66.7 Å². The second kappa shape index (κ2) is 7.46. The number of benzene rings is 3. The van der Waals surface area contributed by atoms with Crippen LogP contribution in [0.1, 0.15) is 48.8 Å². The molecule has 3 aromatic carbocycles. The van der Waals surface area contributed by atoms with E-state index in [0.717, 1.165) is 0 Å². The summed E-state index contributed by atoms with van der Waals surface area (Å²) < 4.78 is 0. The minimum absolute atomic E-state index is 0.624. The molecule has 3 rings (SSSR count). The van der Waals surface area contributed by atoms with E-state index in [4.69, 9.17) is 0 Å². The fraction of sp³-hybridized carbons (Fsp3) is 0.304. The van der Waals surface area contributed by atoms with Gasteiger partial charge in [-0.15, -0.1) is 0 Å². The molecule has 0 saturated carbocycles. The minimum Gasteiger partial charge on any atom is -0.0617 e. The summed E-state index contributed by atoms with van der Waals surface area (Å²) in [6.07, 6.45) is 5.03. The fourth-order valence-electron chi connectivity index (χ4n) is 3.48. The summed E-state index contributed by atoms with van der Waals surface area (Å²) in [4.78, 5) is 0. The Labute approximate surface area is 140 Å². The molecular weight excluding hydrogens is 276 g/mol. The molecular formula is C23H26.